The first kappa shape index (κ1) is 14.1. The van der Waals surface area contributed by atoms with Gasteiger partial charge in [0.1, 0.15) is 17.8 Å². The van der Waals surface area contributed by atoms with Crippen LogP contribution in [0.1, 0.15) is 13.3 Å². The van der Waals surface area contributed by atoms with Crippen LogP contribution in [0.15, 0.2) is 18.6 Å². The van der Waals surface area contributed by atoms with E-state index in [0.717, 1.165) is 29.9 Å². The molecule has 0 amide bonds. The molecule has 1 saturated heterocycles. The molecule has 3 heterocycles. The van der Waals surface area contributed by atoms with Crippen molar-refractivity contribution in [3.63, 3.8) is 0 Å². The number of fused-ring (bicyclic) bond motifs is 1. The van der Waals surface area contributed by atoms with Crippen molar-refractivity contribution in [1.29, 1.82) is 0 Å². The fourth-order valence-electron chi connectivity index (χ4n) is 2.79. The van der Waals surface area contributed by atoms with Crippen molar-refractivity contribution in [2.45, 2.75) is 19.4 Å². The number of halogens is 1. The summed E-state index contributed by atoms with van der Waals surface area (Å²) in [4.78, 5) is 14.1. The Labute approximate surface area is 119 Å². The monoisotopic (exact) mass is 281 g/mol. The minimum atomic E-state index is 0. The van der Waals surface area contributed by atoms with E-state index in [4.69, 9.17) is 0 Å². The smallest absolute Gasteiger partial charge is 0.142 e. The molecule has 0 aliphatic carbocycles. The second kappa shape index (κ2) is 5.75. The molecule has 0 radical (unpaired) electrons. The number of hydrogen-bond acceptors (Lipinski definition) is 4. The van der Waals surface area contributed by atoms with Crippen LogP contribution < -0.4 is 10.2 Å². The molecule has 0 bridgehead atoms. The number of aromatic nitrogens is 3. The van der Waals surface area contributed by atoms with Gasteiger partial charge in [-0.25, -0.2) is 9.97 Å². The van der Waals surface area contributed by atoms with E-state index in [1.165, 1.54) is 6.42 Å². The lowest BCUT2D eigenvalue weighted by Gasteiger charge is -2.37. The van der Waals surface area contributed by atoms with Crippen LogP contribution in [0.2, 0.25) is 0 Å². The van der Waals surface area contributed by atoms with Crippen molar-refractivity contribution in [2.75, 3.05) is 25.0 Å². The summed E-state index contributed by atoms with van der Waals surface area (Å²) >= 11 is 0. The Bertz CT molecular complexity index is 541. The van der Waals surface area contributed by atoms with Gasteiger partial charge in [0.05, 0.1) is 5.39 Å². The Morgan fingerprint density at radius 1 is 1.37 bits per heavy atom. The molecular formula is C13H20ClN5. The van der Waals surface area contributed by atoms with Gasteiger partial charge in [-0.1, -0.05) is 6.92 Å². The van der Waals surface area contributed by atoms with Crippen molar-refractivity contribution in [1.82, 2.24) is 20.3 Å². The summed E-state index contributed by atoms with van der Waals surface area (Å²) < 4.78 is 0. The quantitative estimate of drug-likeness (QED) is 0.882. The maximum atomic E-state index is 4.46. The number of rotatable bonds is 2. The lowest BCUT2D eigenvalue weighted by atomic mass is 9.93. The summed E-state index contributed by atoms with van der Waals surface area (Å²) in [5.74, 6) is 1.70. The van der Waals surface area contributed by atoms with Gasteiger partial charge in [0.15, 0.2) is 0 Å². The third-order valence-corrected chi connectivity index (χ3v) is 3.95. The number of anilines is 1. The first-order valence-corrected chi connectivity index (χ1v) is 6.49. The van der Waals surface area contributed by atoms with Crippen molar-refractivity contribution in [3.05, 3.63) is 18.6 Å². The van der Waals surface area contributed by atoms with E-state index in [9.17, 15) is 0 Å². The van der Waals surface area contributed by atoms with E-state index in [1.807, 2.05) is 12.3 Å². The van der Waals surface area contributed by atoms with Crippen molar-refractivity contribution in [3.8, 4) is 0 Å². The summed E-state index contributed by atoms with van der Waals surface area (Å²) in [6.45, 7) is 4.46. The van der Waals surface area contributed by atoms with Crippen molar-refractivity contribution in [2.24, 2.45) is 5.92 Å². The molecule has 3 rings (SSSR count). The largest absolute Gasteiger partial charge is 0.354 e. The van der Waals surface area contributed by atoms with Crippen LogP contribution in [-0.4, -0.2) is 41.1 Å². The molecule has 5 nitrogen and oxygen atoms in total. The van der Waals surface area contributed by atoms with E-state index in [1.54, 1.807) is 6.33 Å². The maximum Gasteiger partial charge on any atom is 0.142 e. The van der Waals surface area contributed by atoms with E-state index in [0.29, 0.717) is 12.0 Å². The highest BCUT2D eigenvalue weighted by Crippen LogP contribution is 2.26. The third-order valence-electron chi connectivity index (χ3n) is 3.95. The Morgan fingerprint density at radius 2 is 2.21 bits per heavy atom. The first-order chi connectivity index (χ1) is 8.77. The van der Waals surface area contributed by atoms with Gasteiger partial charge in [0.25, 0.3) is 0 Å². The molecule has 104 valence electrons. The third kappa shape index (κ3) is 2.53. The number of piperidine rings is 1. The zero-order valence-electron chi connectivity index (χ0n) is 11.3. The highest BCUT2D eigenvalue weighted by atomic mass is 35.5. The van der Waals surface area contributed by atoms with Crippen LogP contribution in [0.4, 0.5) is 5.82 Å². The molecule has 1 unspecified atom stereocenters. The minimum Gasteiger partial charge on any atom is -0.354 e. The van der Waals surface area contributed by atoms with E-state index in [2.05, 4.69) is 39.1 Å². The van der Waals surface area contributed by atoms with E-state index < -0.39 is 0 Å². The molecule has 1 fully saturated rings. The van der Waals surface area contributed by atoms with Gasteiger partial charge >= 0.3 is 0 Å². The van der Waals surface area contributed by atoms with Crippen molar-refractivity contribution >= 4 is 29.3 Å². The summed E-state index contributed by atoms with van der Waals surface area (Å²) in [5, 5.41) is 4.56. The van der Waals surface area contributed by atoms with Crippen LogP contribution in [0.25, 0.3) is 11.0 Å². The molecular weight excluding hydrogens is 262 g/mol. The molecule has 19 heavy (non-hydrogen) atoms. The number of likely N-dealkylation sites (N-methyl/N-ethyl adjacent to an activating group) is 1. The van der Waals surface area contributed by atoms with Crippen LogP contribution in [-0.2, 0) is 0 Å². The normalized spacial score (nSPS) is 23.1. The molecule has 0 saturated carbocycles. The Kier molecular flexibility index (Phi) is 4.27. The van der Waals surface area contributed by atoms with Crippen LogP contribution in [0.3, 0.4) is 0 Å². The molecule has 6 heteroatoms. The molecule has 2 N–H and O–H groups in total. The average molecular weight is 282 g/mol. The van der Waals surface area contributed by atoms with Gasteiger partial charge in [-0.3, -0.25) is 0 Å². The van der Waals surface area contributed by atoms with Crippen LogP contribution >= 0.6 is 12.4 Å². The lowest BCUT2D eigenvalue weighted by Crippen LogP contribution is -2.49. The van der Waals surface area contributed by atoms with Crippen LogP contribution in [0, 0.1) is 5.92 Å². The second-order valence-electron chi connectivity index (χ2n) is 5.09. The summed E-state index contributed by atoms with van der Waals surface area (Å²) in [6.07, 6.45) is 4.77. The van der Waals surface area contributed by atoms with E-state index >= 15 is 0 Å². The number of H-pyrrole nitrogens is 1. The fraction of sp³-hybridized carbons (Fsp3) is 0.538. The summed E-state index contributed by atoms with van der Waals surface area (Å²) in [6, 6.07) is 2.54. The predicted molar refractivity (Wildman–Crippen MR) is 80.0 cm³/mol. The topological polar surface area (TPSA) is 56.8 Å². The molecule has 1 aliphatic heterocycles. The summed E-state index contributed by atoms with van der Waals surface area (Å²) in [7, 11) is 2.13. The van der Waals surface area contributed by atoms with Crippen molar-refractivity contribution < 1.29 is 0 Å². The highest BCUT2D eigenvalue weighted by molar-refractivity contribution is 5.87. The molecule has 0 spiro atoms. The molecule has 2 atom stereocenters. The minimum absolute atomic E-state index is 0. The van der Waals surface area contributed by atoms with E-state index in [-0.39, 0.29) is 12.4 Å². The Hall–Kier alpha value is -1.33. The van der Waals surface area contributed by atoms with Crippen LogP contribution in [0.5, 0.6) is 0 Å². The predicted octanol–water partition coefficient (Wildman–Crippen LogP) is 1.81. The zero-order valence-corrected chi connectivity index (χ0v) is 12.1. The standard InChI is InChI=1S/C13H19N5.ClH/c1-9-3-5-14-7-11(9)18(2)13-10-4-6-15-12(10)16-8-17-13;/h4,6,8-9,11,14H,3,5,7H2,1-2H3,(H,15,16,17);1H/t9?,11-;/m0./s1. The first-order valence-electron chi connectivity index (χ1n) is 6.49. The van der Waals surface area contributed by atoms with Gasteiger partial charge in [-0.05, 0) is 24.9 Å². The Morgan fingerprint density at radius 3 is 3.00 bits per heavy atom. The molecule has 2 aromatic rings. The average Bonchev–Trinajstić information content (AvgIpc) is 2.86. The number of hydrogen-bond donors (Lipinski definition) is 2. The zero-order chi connectivity index (χ0) is 12.5. The fourth-order valence-corrected chi connectivity index (χ4v) is 2.79. The molecule has 0 aromatic carbocycles. The Balaban J connectivity index is 0.00000133. The molecule has 1 aliphatic rings. The number of aromatic amines is 1. The second-order valence-corrected chi connectivity index (χ2v) is 5.09. The number of nitrogens with zero attached hydrogens (tertiary/aromatic N) is 3. The van der Waals surface area contributed by atoms with Gasteiger partial charge in [-0.15, -0.1) is 12.4 Å². The van der Waals surface area contributed by atoms with Gasteiger partial charge in [0, 0.05) is 25.8 Å². The maximum absolute atomic E-state index is 4.46. The number of nitrogens with one attached hydrogen (secondary N) is 2. The SMILES string of the molecule is CC1CCNC[C@@H]1N(C)c1ncnc2[nH]ccc12.Cl. The summed E-state index contributed by atoms with van der Waals surface area (Å²) in [5.41, 5.74) is 0.906. The van der Waals surface area contributed by atoms with Gasteiger partial charge in [0.2, 0.25) is 0 Å². The van der Waals surface area contributed by atoms with Gasteiger partial charge < -0.3 is 15.2 Å². The lowest BCUT2D eigenvalue weighted by molar-refractivity contribution is 0.338. The van der Waals surface area contributed by atoms with Gasteiger partial charge in [-0.2, -0.15) is 0 Å². The highest BCUT2D eigenvalue weighted by Gasteiger charge is 2.26. The molecule has 2 aromatic heterocycles.